The number of amides is 1. The van der Waals surface area contributed by atoms with Crippen LogP contribution in [0.3, 0.4) is 0 Å². The number of rotatable bonds is 8. The van der Waals surface area contributed by atoms with E-state index in [0.29, 0.717) is 37.8 Å². The number of hydrazone groups is 1. The van der Waals surface area contributed by atoms with E-state index in [9.17, 15) is 13.2 Å². The number of carbonyl (C=O) groups is 1. The highest BCUT2D eigenvalue weighted by atomic mass is 79.9. The molecule has 0 unspecified atom stereocenters. The number of nitrogens with zero attached hydrogens (tertiary/aromatic N) is 2. The second-order valence-electron chi connectivity index (χ2n) is 6.23. The fraction of sp³-hybridized carbons (Fsp3) is 0.263. The van der Waals surface area contributed by atoms with Crippen molar-refractivity contribution in [1.82, 2.24) is 5.43 Å². The largest absolute Gasteiger partial charge is 0.493 e. The minimum atomic E-state index is -3.73. The molecule has 8 nitrogen and oxygen atoms in total. The van der Waals surface area contributed by atoms with Crippen LogP contribution in [0.5, 0.6) is 11.5 Å². The van der Waals surface area contributed by atoms with Crippen molar-refractivity contribution in [2.45, 2.75) is 6.92 Å². The highest BCUT2D eigenvalue weighted by Gasteiger charge is 2.22. The van der Waals surface area contributed by atoms with Crippen molar-refractivity contribution in [2.24, 2.45) is 5.10 Å². The number of carbonyl (C=O) groups excluding carboxylic acids is 1. The van der Waals surface area contributed by atoms with Crippen LogP contribution in [-0.2, 0) is 14.8 Å². The van der Waals surface area contributed by atoms with Crippen LogP contribution >= 0.6 is 27.5 Å². The number of anilines is 1. The van der Waals surface area contributed by atoms with Crippen LogP contribution in [0.1, 0.15) is 11.1 Å². The van der Waals surface area contributed by atoms with Gasteiger partial charge in [0.15, 0.2) is 11.5 Å². The monoisotopic (exact) mass is 517 g/mol. The summed E-state index contributed by atoms with van der Waals surface area (Å²) in [6, 6.07) is 8.23. The second kappa shape index (κ2) is 10.1. The molecule has 0 heterocycles. The minimum Gasteiger partial charge on any atom is -0.493 e. The second-order valence-corrected chi connectivity index (χ2v) is 9.43. The summed E-state index contributed by atoms with van der Waals surface area (Å²) >= 11 is 9.36. The van der Waals surface area contributed by atoms with Gasteiger partial charge in [-0.25, -0.2) is 13.8 Å². The lowest BCUT2D eigenvalue weighted by Gasteiger charge is -2.23. The zero-order chi connectivity index (χ0) is 22.5. The van der Waals surface area contributed by atoms with Gasteiger partial charge < -0.3 is 9.47 Å². The van der Waals surface area contributed by atoms with Gasteiger partial charge in [0.2, 0.25) is 10.0 Å². The number of nitrogens with one attached hydrogen (secondary N) is 1. The number of hydrogen-bond acceptors (Lipinski definition) is 6. The first-order valence-electron chi connectivity index (χ1n) is 8.54. The van der Waals surface area contributed by atoms with E-state index in [1.54, 1.807) is 31.2 Å². The SMILES string of the molecule is COc1cc(/C=N\NC(=O)CN(c2cc(Cl)ccc2C)S(C)(=O)=O)cc(Br)c1OC. The van der Waals surface area contributed by atoms with Crippen LogP contribution in [0.2, 0.25) is 5.02 Å². The zero-order valence-corrected chi connectivity index (χ0v) is 19.9. The van der Waals surface area contributed by atoms with Crippen molar-refractivity contribution in [1.29, 1.82) is 0 Å². The van der Waals surface area contributed by atoms with Gasteiger partial charge >= 0.3 is 0 Å². The number of sulfonamides is 1. The molecule has 1 N–H and O–H groups in total. The lowest BCUT2D eigenvalue weighted by atomic mass is 10.2. The van der Waals surface area contributed by atoms with Crippen LogP contribution in [0.25, 0.3) is 0 Å². The fourth-order valence-electron chi connectivity index (χ4n) is 2.59. The van der Waals surface area contributed by atoms with Crippen LogP contribution < -0.4 is 19.2 Å². The van der Waals surface area contributed by atoms with Gasteiger partial charge in [0.25, 0.3) is 5.91 Å². The van der Waals surface area contributed by atoms with E-state index in [-0.39, 0.29) is 0 Å². The molecule has 30 heavy (non-hydrogen) atoms. The molecule has 0 fully saturated rings. The maximum atomic E-state index is 12.3. The van der Waals surface area contributed by atoms with E-state index in [2.05, 4.69) is 26.5 Å². The van der Waals surface area contributed by atoms with Crippen molar-refractivity contribution in [3.63, 3.8) is 0 Å². The average molecular weight is 519 g/mol. The first-order valence-corrected chi connectivity index (χ1v) is 11.6. The molecule has 2 rings (SSSR count). The first kappa shape index (κ1) is 24.0. The van der Waals surface area contributed by atoms with Crippen molar-refractivity contribution in [2.75, 3.05) is 31.3 Å². The van der Waals surface area contributed by atoms with Crippen molar-refractivity contribution >= 4 is 55.4 Å². The number of benzene rings is 2. The Morgan fingerprint density at radius 2 is 1.97 bits per heavy atom. The highest BCUT2D eigenvalue weighted by molar-refractivity contribution is 9.10. The van der Waals surface area contributed by atoms with Crippen LogP contribution in [0, 0.1) is 6.92 Å². The molecule has 1 amide bonds. The Bertz CT molecular complexity index is 1080. The third-order valence-electron chi connectivity index (χ3n) is 3.99. The van der Waals surface area contributed by atoms with Crippen molar-refractivity contribution in [3.8, 4) is 11.5 Å². The van der Waals surface area contributed by atoms with E-state index in [1.807, 2.05) is 0 Å². The summed E-state index contributed by atoms with van der Waals surface area (Å²) < 4.78 is 36.6. The first-order chi connectivity index (χ1) is 14.1. The summed E-state index contributed by atoms with van der Waals surface area (Å²) in [6.45, 7) is 1.28. The molecule has 0 saturated carbocycles. The predicted octanol–water partition coefficient (Wildman–Crippen LogP) is 3.34. The maximum absolute atomic E-state index is 12.3. The number of methoxy groups -OCH3 is 2. The Kier molecular flexibility index (Phi) is 8.10. The van der Waals surface area contributed by atoms with Gasteiger partial charge in [-0.1, -0.05) is 17.7 Å². The number of halogens is 2. The van der Waals surface area contributed by atoms with E-state index in [0.717, 1.165) is 10.6 Å². The van der Waals surface area contributed by atoms with Gasteiger partial charge in [-0.2, -0.15) is 5.10 Å². The van der Waals surface area contributed by atoms with Gasteiger partial charge in [-0.05, 0) is 58.2 Å². The Balaban J connectivity index is 2.17. The fourth-order valence-corrected chi connectivity index (χ4v) is 4.28. The van der Waals surface area contributed by atoms with Gasteiger partial charge in [0.05, 0.1) is 36.9 Å². The summed E-state index contributed by atoms with van der Waals surface area (Å²) in [5, 5.41) is 4.26. The molecule has 2 aromatic rings. The lowest BCUT2D eigenvalue weighted by molar-refractivity contribution is -0.119. The van der Waals surface area contributed by atoms with Crippen LogP contribution in [0.4, 0.5) is 5.69 Å². The summed E-state index contributed by atoms with van der Waals surface area (Å²) in [7, 11) is -0.702. The van der Waals surface area contributed by atoms with Crippen LogP contribution in [-0.4, -0.2) is 47.6 Å². The molecule has 2 aromatic carbocycles. The molecule has 162 valence electrons. The van der Waals surface area contributed by atoms with Crippen molar-refractivity contribution in [3.05, 3.63) is 51.0 Å². The van der Waals surface area contributed by atoms with Gasteiger partial charge in [0, 0.05) is 5.02 Å². The number of ether oxygens (including phenoxy) is 2. The smallest absolute Gasteiger partial charge is 0.260 e. The highest BCUT2D eigenvalue weighted by Crippen LogP contribution is 2.35. The van der Waals surface area contributed by atoms with Crippen molar-refractivity contribution < 1.29 is 22.7 Å². The summed E-state index contributed by atoms with van der Waals surface area (Å²) in [5.74, 6) is 0.397. The summed E-state index contributed by atoms with van der Waals surface area (Å²) in [6.07, 6.45) is 2.42. The topological polar surface area (TPSA) is 97.3 Å². The Morgan fingerprint density at radius 1 is 1.27 bits per heavy atom. The zero-order valence-electron chi connectivity index (χ0n) is 16.8. The third-order valence-corrected chi connectivity index (χ3v) is 5.94. The van der Waals surface area contributed by atoms with E-state index < -0.39 is 22.5 Å². The summed E-state index contributed by atoms with van der Waals surface area (Å²) in [4.78, 5) is 12.3. The molecule has 0 radical (unpaired) electrons. The van der Waals surface area contributed by atoms with Gasteiger partial charge in [0.1, 0.15) is 6.54 Å². The molecule has 11 heteroatoms. The molecule has 0 atom stereocenters. The molecule has 0 spiro atoms. The Hall–Kier alpha value is -2.30. The van der Waals surface area contributed by atoms with Gasteiger partial charge in [-0.15, -0.1) is 0 Å². The predicted molar refractivity (Wildman–Crippen MR) is 121 cm³/mol. The van der Waals surface area contributed by atoms with E-state index >= 15 is 0 Å². The number of hydrogen-bond donors (Lipinski definition) is 1. The van der Waals surface area contributed by atoms with E-state index in [1.165, 1.54) is 26.5 Å². The molecular formula is C19H21BrClN3O5S. The summed E-state index contributed by atoms with van der Waals surface area (Å²) in [5.41, 5.74) is 3.95. The Morgan fingerprint density at radius 3 is 2.57 bits per heavy atom. The quantitative estimate of drug-likeness (QED) is 0.427. The molecule has 0 aromatic heterocycles. The minimum absolute atomic E-state index is 0.327. The Labute approximate surface area is 189 Å². The average Bonchev–Trinajstić information content (AvgIpc) is 2.66. The molecule has 0 aliphatic heterocycles. The molecule has 0 saturated heterocycles. The lowest BCUT2D eigenvalue weighted by Crippen LogP contribution is -2.39. The number of aryl methyl sites for hydroxylation is 1. The van der Waals surface area contributed by atoms with Gasteiger partial charge in [-0.3, -0.25) is 9.10 Å². The molecule has 0 aliphatic carbocycles. The third kappa shape index (κ3) is 6.10. The maximum Gasteiger partial charge on any atom is 0.260 e. The normalized spacial score (nSPS) is 11.4. The van der Waals surface area contributed by atoms with Crippen LogP contribution in [0.15, 0.2) is 39.9 Å². The van der Waals surface area contributed by atoms with E-state index in [4.69, 9.17) is 21.1 Å². The molecule has 0 aliphatic rings. The molecular weight excluding hydrogens is 498 g/mol. The molecule has 0 bridgehead atoms. The standard InChI is InChI=1S/C19H21BrClN3O5S/c1-12-5-6-14(21)9-16(12)24(30(4,26)27)11-18(25)23-22-10-13-7-15(20)19(29-3)17(8-13)28-2/h5-10H,11H2,1-4H3,(H,23,25)/b22-10-.